The number of amides is 2. The lowest BCUT2D eigenvalue weighted by Crippen LogP contribution is -2.41. The Hall–Kier alpha value is -3.49. The summed E-state index contributed by atoms with van der Waals surface area (Å²) in [7, 11) is 3.53. The van der Waals surface area contributed by atoms with Gasteiger partial charge in [0.1, 0.15) is 11.9 Å². The van der Waals surface area contributed by atoms with E-state index in [-0.39, 0.29) is 16.9 Å². The first-order chi connectivity index (χ1) is 17.6. The number of H-pyrrole nitrogens is 1. The van der Waals surface area contributed by atoms with Gasteiger partial charge in [-0.05, 0) is 36.8 Å². The number of anilines is 1. The van der Waals surface area contributed by atoms with E-state index in [1.807, 2.05) is 17.0 Å². The van der Waals surface area contributed by atoms with Gasteiger partial charge in [-0.3, -0.25) is 0 Å². The van der Waals surface area contributed by atoms with Gasteiger partial charge >= 0.3 is 6.03 Å². The van der Waals surface area contributed by atoms with Crippen LogP contribution in [0.25, 0.3) is 22.0 Å². The molecule has 2 aromatic heterocycles. The van der Waals surface area contributed by atoms with Crippen molar-refractivity contribution >= 4 is 46.0 Å². The van der Waals surface area contributed by atoms with Gasteiger partial charge in [0.25, 0.3) is 0 Å². The molecule has 7 nitrogen and oxygen atoms in total. The molecule has 0 saturated carbocycles. The van der Waals surface area contributed by atoms with Crippen LogP contribution in [0.4, 0.5) is 15.0 Å². The van der Waals surface area contributed by atoms with E-state index in [2.05, 4.69) is 16.0 Å². The monoisotopic (exact) mass is 541 g/mol. The molecular weight excluding hydrogens is 516 g/mol. The molecule has 0 unspecified atom stereocenters. The predicted molar refractivity (Wildman–Crippen MR) is 145 cm³/mol. The Balaban J connectivity index is 1.44. The molecular formula is C27H26Cl2FN5O2. The maximum atomic E-state index is 14.0. The molecule has 3 heterocycles. The Bertz CT molecular complexity index is 1520. The van der Waals surface area contributed by atoms with Gasteiger partial charge in [-0.2, -0.15) is 0 Å². The highest BCUT2D eigenvalue weighted by molar-refractivity contribution is 6.36. The minimum atomic E-state index is -0.666. The highest BCUT2D eigenvalue weighted by Crippen LogP contribution is 2.38. The fourth-order valence-corrected chi connectivity index (χ4v) is 5.40. The smallest absolute Gasteiger partial charge is 0.319 e. The lowest BCUT2D eigenvalue weighted by atomic mass is 10.0. The molecule has 37 heavy (non-hydrogen) atoms. The number of halogens is 3. The molecule has 0 spiro atoms. The molecule has 0 radical (unpaired) electrons. The number of fused-ring (bicyclic) bond motifs is 3. The topological polar surface area (TPSA) is 87.5 Å². The van der Waals surface area contributed by atoms with Crippen LogP contribution in [0.1, 0.15) is 29.8 Å². The van der Waals surface area contributed by atoms with Gasteiger partial charge in [0.2, 0.25) is 0 Å². The molecule has 3 N–H and O–H groups in total. The van der Waals surface area contributed by atoms with Crippen molar-refractivity contribution in [2.45, 2.75) is 26.0 Å². The summed E-state index contributed by atoms with van der Waals surface area (Å²) < 4.78 is 20.1. The Labute approximate surface area is 223 Å². The number of ether oxygens (including phenoxy) is 1. The highest BCUT2D eigenvalue weighted by atomic mass is 35.5. The number of nitrogens with two attached hydrogens (primary N) is 1. The summed E-state index contributed by atoms with van der Waals surface area (Å²) in [6, 6.07) is 10.6. The number of nitrogen functional groups attached to an aromatic ring is 1. The molecule has 0 aliphatic carbocycles. The molecule has 5 rings (SSSR count). The number of carbonyl (C=O) groups is 1. The third-order valence-corrected chi connectivity index (χ3v) is 7.35. The largest absolute Gasteiger partial charge is 0.482 e. The highest BCUT2D eigenvalue weighted by Gasteiger charge is 2.25. The first-order valence-electron chi connectivity index (χ1n) is 11.8. The number of hydrogen-bond donors (Lipinski definition) is 2. The number of nitrogens with zero attached hydrogens (tertiary/aromatic N) is 3. The maximum absolute atomic E-state index is 14.0. The van der Waals surface area contributed by atoms with Crippen molar-refractivity contribution in [3.8, 4) is 16.9 Å². The van der Waals surface area contributed by atoms with Crippen molar-refractivity contribution in [3.63, 3.8) is 0 Å². The van der Waals surface area contributed by atoms with Crippen molar-refractivity contribution in [2.75, 3.05) is 26.4 Å². The van der Waals surface area contributed by atoms with E-state index < -0.39 is 11.9 Å². The first-order valence-corrected chi connectivity index (χ1v) is 12.5. The summed E-state index contributed by atoms with van der Waals surface area (Å²) >= 11 is 12.4. The van der Waals surface area contributed by atoms with E-state index in [1.165, 1.54) is 12.1 Å². The van der Waals surface area contributed by atoms with Crippen molar-refractivity contribution in [3.05, 3.63) is 75.3 Å². The van der Waals surface area contributed by atoms with Crippen LogP contribution in [0.3, 0.4) is 0 Å². The number of benzene rings is 2. The van der Waals surface area contributed by atoms with Crippen LogP contribution in [0.15, 0.2) is 42.6 Å². The van der Waals surface area contributed by atoms with Gasteiger partial charge in [0.05, 0.1) is 5.02 Å². The summed E-state index contributed by atoms with van der Waals surface area (Å²) in [5.74, 6) is -0.0426. The molecule has 0 fully saturated rings. The Kier molecular flexibility index (Phi) is 6.64. The fourth-order valence-electron chi connectivity index (χ4n) is 4.72. The molecule has 192 valence electrons. The second kappa shape index (κ2) is 9.76. The Morgan fingerprint density at radius 3 is 2.76 bits per heavy atom. The van der Waals surface area contributed by atoms with Crippen LogP contribution in [0, 0.1) is 5.82 Å². The molecule has 0 saturated heterocycles. The number of pyridine rings is 1. The summed E-state index contributed by atoms with van der Waals surface area (Å²) in [6.07, 6.45) is 1.78. The third kappa shape index (κ3) is 4.67. The number of carbonyl (C=O) groups excluding carboxylic acids is 1. The van der Waals surface area contributed by atoms with Crippen LogP contribution in [-0.4, -0.2) is 46.4 Å². The lowest BCUT2D eigenvalue weighted by Gasteiger charge is -2.29. The third-order valence-electron chi connectivity index (χ3n) is 6.63. The summed E-state index contributed by atoms with van der Waals surface area (Å²) in [5.41, 5.74) is 11.4. The van der Waals surface area contributed by atoms with Gasteiger partial charge in [-0.25, -0.2) is 14.2 Å². The molecule has 2 aromatic carbocycles. The zero-order chi connectivity index (χ0) is 26.4. The van der Waals surface area contributed by atoms with E-state index in [4.69, 9.17) is 33.7 Å². The van der Waals surface area contributed by atoms with Crippen LogP contribution >= 0.6 is 23.2 Å². The number of nitrogens with one attached hydrogen (secondary N) is 1. The van der Waals surface area contributed by atoms with E-state index in [0.717, 1.165) is 39.7 Å². The minimum Gasteiger partial charge on any atom is -0.482 e. The quantitative estimate of drug-likeness (QED) is 0.291. The summed E-state index contributed by atoms with van der Waals surface area (Å²) in [4.78, 5) is 23.7. The number of aromatic nitrogens is 2. The fraction of sp³-hybridized carbons (Fsp3) is 0.259. The zero-order valence-corrected chi connectivity index (χ0v) is 22.1. The van der Waals surface area contributed by atoms with E-state index >= 15 is 0 Å². The maximum Gasteiger partial charge on any atom is 0.319 e. The van der Waals surface area contributed by atoms with Crippen molar-refractivity contribution in [2.24, 2.45) is 0 Å². The Morgan fingerprint density at radius 1 is 1.22 bits per heavy atom. The van der Waals surface area contributed by atoms with Gasteiger partial charge in [0, 0.05) is 78.1 Å². The van der Waals surface area contributed by atoms with Gasteiger partial charge in [0.15, 0.2) is 11.6 Å². The molecule has 10 heteroatoms. The van der Waals surface area contributed by atoms with E-state index in [0.29, 0.717) is 29.4 Å². The summed E-state index contributed by atoms with van der Waals surface area (Å²) in [5, 5.41) is 1.29. The molecule has 1 aliphatic heterocycles. The molecule has 1 atom stereocenters. The number of rotatable bonds is 4. The first kappa shape index (κ1) is 25.2. The van der Waals surface area contributed by atoms with Crippen LogP contribution < -0.4 is 10.5 Å². The minimum absolute atomic E-state index is 0.00661. The number of hydrogen-bond acceptors (Lipinski definition) is 4. The van der Waals surface area contributed by atoms with Crippen LogP contribution in [0.2, 0.25) is 10.0 Å². The van der Waals surface area contributed by atoms with Crippen LogP contribution in [-0.2, 0) is 13.0 Å². The van der Waals surface area contributed by atoms with Crippen molar-refractivity contribution in [1.29, 1.82) is 0 Å². The van der Waals surface area contributed by atoms with Crippen molar-refractivity contribution in [1.82, 2.24) is 19.8 Å². The van der Waals surface area contributed by atoms with Crippen LogP contribution in [0.5, 0.6) is 5.75 Å². The predicted octanol–water partition coefficient (Wildman–Crippen LogP) is 6.44. The lowest BCUT2D eigenvalue weighted by molar-refractivity contribution is 0.165. The summed E-state index contributed by atoms with van der Waals surface area (Å²) in [6.45, 7) is 2.96. The van der Waals surface area contributed by atoms with E-state index in [1.54, 1.807) is 38.2 Å². The molecule has 0 bridgehead atoms. The average molecular weight is 542 g/mol. The van der Waals surface area contributed by atoms with Gasteiger partial charge in [-0.15, -0.1) is 0 Å². The standard InChI is InChI=1S/C27H26Cl2FN5O2/c1-14(24-19(28)6-7-20(30)25(24)29)37-23-11-16(12-32-26(23)31)15-4-5-17-18-13-35(27(36)34(2)3)9-8-21(18)33-22(17)10-15/h4-7,10-12,14,33H,8-9,13H2,1-3H3,(H2,31,32)/t14-/m1/s1. The second-order valence-corrected chi connectivity index (χ2v) is 10.1. The van der Waals surface area contributed by atoms with Crippen molar-refractivity contribution < 1.29 is 13.9 Å². The molecule has 2 amide bonds. The van der Waals surface area contributed by atoms with Gasteiger partial charge in [-0.1, -0.05) is 35.3 Å². The van der Waals surface area contributed by atoms with Gasteiger partial charge < -0.3 is 25.3 Å². The Morgan fingerprint density at radius 2 is 2.00 bits per heavy atom. The SMILES string of the molecule is C[C@@H](Oc1cc(-c2ccc3c4c([nH]c3c2)CCN(C(=O)N(C)C)C4)cnc1N)c1c(Cl)ccc(F)c1Cl. The second-order valence-electron chi connectivity index (χ2n) is 9.32. The average Bonchev–Trinajstić information content (AvgIpc) is 3.24. The zero-order valence-electron chi connectivity index (χ0n) is 20.6. The number of aromatic amines is 1. The normalized spacial score (nSPS) is 13.9. The molecule has 4 aromatic rings. The number of urea groups is 1. The molecule has 1 aliphatic rings. The van der Waals surface area contributed by atoms with E-state index in [9.17, 15) is 9.18 Å².